The summed E-state index contributed by atoms with van der Waals surface area (Å²) in [6, 6.07) is 3.52. The Morgan fingerprint density at radius 3 is 2.78 bits per heavy atom. The van der Waals surface area contributed by atoms with Crippen LogP contribution in [0, 0.1) is 6.92 Å². The van der Waals surface area contributed by atoms with Gasteiger partial charge in [0.25, 0.3) is 5.91 Å². The van der Waals surface area contributed by atoms with E-state index in [1.807, 2.05) is 13.8 Å². The summed E-state index contributed by atoms with van der Waals surface area (Å²) in [4.78, 5) is 12.1. The molecule has 0 fully saturated rings. The number of aromatic nitrogens is 2. The van der Waals surface area contributed by atoms with Crippen LogP contribution in [0.25, 0.3) is 0 Å². The molecule has 1 aromatic heterocycles. The number of carbonyl (C=O) groups is 1. The molecule has 2 aromatic rings. The van der Waals surface area contributed by atoms with Crippen molar-refractivity contribution in [2.45, 2.75) is 20.4 Å². The molecule has 0 aliphatic rings. The Morgan fingerprint density at radius 1 is 1.48 bits per heavy atom. The molecule has 1 aromatic carbocycles. The molecule has 8 heteroatoms. The van der Waals surface area contributed by atoms with E-state index in [1.54, 1.807) is 19.2 Å². The van der Waals surface area contributed by atoms with Gasteiger partial charge >= 0.3 is 0 Å². The normalized spacial score (nSPS) is 10.5. The second kappa shape index (κ2) is 7.70. The van der Waals surface area contributed by atoms with Crippen molar-refractivity contribution in [3.8, 4) is 11.5 Å². The highest BCUT2D eigenvalue weighted by atomic mass is 79.9. The van der Waals surface area contributed by atoms with Gasteiger partial charge in [-0.2, -0.15) is 5.10 Å². The lowest BCUT2D eigenvalue weighted by Gasteiger charge is -2.13. The summed E-state index contributed by atoms with van der Waals surface area (Å²) in [7, 11) is 1.54. The smallest absolute Gasteiger partial charge is 0.273 e. The van der Waals surface area contributed by atoms with E-state index < -0.39 is 0 Å². The third kappa shape index (κ3) is 3.97. The molecule has 6 nitrogen and oxygen atoms in total. The molecule has 2 rings (SSSR count). The molecule has 0 aliphatic carbocycles. The highest BCUT2D eigenvalue weighted by molar-refractivity contribution is 9.10. The fourth-order valence-corrected chi connectivity index (χ4v) is 2.64. The van der Waals surface area contributed by atoms with E-state index in [0.717, 1.165) is 11.3 Å². The van der Waals surface area contributed by atoms with Crippen molar-refractivity contribution in [3.05, 3.63) is 38.6 Å². The molecule has 0 spiro atoms. The van der Waals surface area contributed by atoms with Crippen molar-refractivity contribution >= 4 is 33.4 Å². The first kappa shape index (κ1) is 17.6. The lowest BCUT2D eigenvalue weighted by Crippen LogP contribution is -2.23. The fourth-order valence-electron chi connectivity index (χ4n) is 1.99. The zero-order valence-electron chi connectivity index (χ0n) is 13.0. The number of H-pyrrole nitrogens is 1. The molecule has 2 N–H and O–H groups in total. The van der Waals surface area contributed by atoms with Crippen molar-refractivity contribution in [2.75, 3.05) is 13.7 Å². The van der Waals surface area contributed by atoms with Crippen LogP contribution in [0.3, 0.4) is 0 Å². The molecule has 0 saturated carbocycles. The minimum atomic E-state index is -0.287. The topological polar surface area (TPSA) is 76.2 Å². The molecule has 0 aliphatic heterocycles. The van der Waals surface area contributed by atoms with Gasteiger partial charge in [0.05, 0.1) is 23.2 Å². The number of methoxy groups -OCH3 is 1. The Kier molecular flexibility index (Phi) is 5.90. The SMILES string of the molecule is CCOc1c(Cl)cc(CNC(=O)c2n[nH]c(C)c2Br)cc1OC. The van der Waals surface area contributed by atoms with Crippen LogP contribution >= 0.6 is 27.5 Å². The average molecular weight is 403 g/mol. The molecule has 0 unspecified atom stereocenters. The fraction of sp³-hybridized carbons (Fsp3) is 0.333. The zero-order chi connectivity index (χ0) is 17.0. The van der Waals surface area contributed by atoms with Gasteiger partial charge < -0.3 is 14.8 Å². The van der Waals surface area contributed by atoms with Crippen molar-refractivity contribution in [2.24, 2.45) is 0 Å². The maximum absolute atomic E-state index is 12.1. The summed E-state index contributed by atoms with van der Waals surface area (Å²) in [5, 5.41) is 9.94. The van der Waals surface area contributed by atoms with Crippen LogP contribution in [0.2, 0.25) is 5.02 Å². The largest absolute Gasteiger partial charge is 0.493 e. The highest BCUT2D eigenvalue weighted by Crippen LogP contribution is 2.36. The second-order valence-electron chi connectivity index (χ2n) is 4.74. The molecule has 1 amide bonds. The molecule has 0 atom stereocenters. The number of nitrogens with zero attached hydrogens (tertiary/aromatic N) is 1. The summed E-state index contributed by atoms with van der Waals surface area (Å²) in [5.41, 5.74) is 1.90. The molecular formula is C15H17BrClN3O3. The molecule has 0 saturated heterocycles. The van der Waals surface area contributed by atoms with Crippen molar-refractivity contribution in [3.63, 3.8) is 0 Å². The van der Waals surface area contributed by atoms with E-state index in [2.05, 4.69) is 31.4 Å². The number of rotatable bonds is 6. The number of carbonyl (C=O) groups excluding carboxylic acids is 1. The lowest BCUT2D eigenvalue weighted by molar-refractivity contribution is 0.0945. The lowest BCUT2D eigenvalue weighted by atomic mass is 10.2. The van der Waals surface area contributed by atoms with Crippen LogP contribution < -0.4 is 14.8 Å². The van der Waals surface area contributed by atoms with Crippen molar-refractivity contribution < 1.29 is 14.3 Å². The Labute approximate surface area is 147 Å². The van der Waals surface area contributed by atoms with E-state index in [4.69, 9.17) is 21.1 Å². The quantitative estimate of drug-likeness (QED) is 0.776. The Morgan fingerprint density at radius 2 is 2.22 bits per heavy atom. The first-order chi connectivity index (χ1) is 11.0. The number of aryl methyl sites for hydroxylation is 1. The molecule has 23 heavy (non-hydrogen) atoms. The maximum Gasteiger partial charge on any atom is 0.273 e. The third-order valence-electron chi connectivity index (χ3n) is 3.12. The number of nitrogens with one attached hydrogen (secondary N) is 2. The molecule has 1 heterocycles. The standard InChI is InChI=1S/C15H17BrClN3O3/c1-4-23-14-10(17)5-9(6-11(14)22-3)7-18-15(21)13-12(16)8(2)19-20-13/h5-6H,4,7H2,1-3H3,(H,18,21)(H,19,20). The Hall–Kier alpha value is -1.73. The van der Waals surface area contributed by atoms with Crippen molar-refractivity contribution in [1.29, 1.82) is 0 Å². The van der Waals surface area contributed by atoms with E-state index >= 15 is 0 Å². The number of amides is 1. The second-order valence-corrected chi connectivity index (χ2v) is 5.94. The van der Waals surface area contributed by atoms with Crippen LogP contribution in [-0.4, -0.2) is 29.8 Å². The van der Waals surface area contributed by atoms with Gasteiger partial charge in [-0.05, 0) is 47.5 Å². The van der Waals surface area contributed by atoms with Gasteiger partial charge in [-0.25, -0.2) is 0 Å². The zero-order valence-corrected chi connectivity index (χ0v) is 15.3. The number of aromatic amines is 1. The minimum Gasteiger partial charge on any atom is -0.493 e. The summed E-state index contributed by atoms with van der Waals surface area (Å²) >= 11 is 9.54. The van der Waals surface area contributed by atoms with Crippen LogP contribution in [0.1, 0.15) is 28.7 Å². The number of hydrogen-bond acceptors (Lipinski definition) is 4. The number of halogens is 2. The van der Waals surface area contributed by atoms with Crippen LogP contribution in [-0.2, 0) is 6.54 Å². The van der Waals surface area contributed by atoms with Gasteiger partial charge in [-0.1, -0.05) is 11.6 Å². The van der Waals surface area contributed by atoms with Crippen molar-refractivity contribution in [1.82, 2.24) is 15.5 Å². The predicted octanol–water partition coefficient (Wildman–Crippen LogP) is 3.47. The van der Waals surface area contributed by atoms with Crippen LogP contribution in [0.5, 0.6) is 11.5 Å². The van der Waals surface area contributed by atoms with Gasteiger partial charge in [0.2, 0.25) is 0 Å². The molecule has 124 valence electrons. The maximum atomic E-state index is 12.1. The Bertz CT molecular complexity index is 718. The van der Waals surface area contributed by atoms with E-state index in [9.17, 15) is 4.79 Å². The summed E-state index contributed by atoms with van der Waals surface area (Å²) in [5.74, 6) is 0.739. The highest BCUT2D eigenvalue weighted by Gasteiger charge is 2.16. The summed E-state index contributed by atoms with van der Waals surface area (Å²) in [6.45, 7) is 4.47. The third-order valence-corrected chi connectivity index (χ3v) is 4.37. The predicted molar refractivity (Wildman–Crippen MR) is 91.4 cm³/mol. The number of ether oxygens (including phenoxy) is 2. The van der Waals surface area contributed by atoms with E-state index in [0.29, 0.717) is 39.8 Å². The number of benzene rings is 1. The number of hydrogen-bond donors (Lipinski definition) is 2. The van der Waals surface area contributed by atoms with Gasteiger partial charge in [-0.15, -0.1) is 0 Å². The van der Waals surface area contributed by atoms with Gasteiger partial charge in [0.15, 0.2) is 17.2 Å². The van der Waals surface area contributed by atoms with Crippen LogP contribution in [0.15, 0.2) is 16.6 Å². The molecular weight excluding hydrogens is 386 g/mol. The summed E-state index contributed by atoms with van der Waals surface area (Å²) in [6.07, 6.45) is 0. The monoisotopic (exact) mass is 401 g/mol. The Balaban J connectivity index is 2.13. The van der Waals surface area contributed by atoms with Gasteiger partial charge in [0, 0.05) is 12.2 Å². The van der Waals surface area contributed by atoms with E-state index in [-0.39, 0.29) is 5.91 Å². The van der Waals surface area contributed by atoms with Crippen LogP contribution in [0.4, 0.5) is 0 Å². The molecule has 0 bridgehead atoms. The first-order valence-electron chi connectivity index (χ1n) is 6.95. The summed E-state index contributed by atoms with van der Waals surface area (Å²) < 4.78 is 11.4. The molecule has 0 radical (unpaired) electrons. The van der Waals surface area contributed by atoms with E-state index in [1.165, 1.54) is 0 Å². The minimum absolute atomic E-state index is 0.287. The van der Waals surface area contributed by atoms with Gasteiger partial charge in [-0.3, -0.25) is 9.89 Å². The first-order valence-corrected chi connectivity index (χ1v) is 8.12. The average Bonchev–Trinajstić information content (AvgIpc) is 2.87. The van der Waals surface area contributed by atoms with Gasteiger partial charge in [0.1, 0.15) is 0 Å².